The molecule has 172 valence electrons. The van der Waals surface area contributed by atoms with Crippen LogP contribution in [0.2, 0.25) is 18.1 Å². The second-order valence-electron chi connectivity index (χ2n) is 10.8. The molecule has 0 aliphatic carbocycles. The summed E-state index contributed by atoms with van der Waals surface area (Å²) in [6.45, 7) is 21.0. The Balaban J connectivity index is 3.16. The highest BCUT2D eigenvalue weighted by Crippen LogP contribution is 2.38. The lowest BCUT2D eigenvalue weighted by Gasteiger charge is -2.36. The Morgan fingerprint density at radius 1 is 1.00 bits per heavy atom. The van der Waals surface area contributed by atoms with E-state index in [-0.39, 0.29) is 17.6 Å². The number of esters is 1. The fourth-order valence-electron chi connectivity index (χ4n) is 2.40. The molecular formula is C24H42O5Si. The number of hydrogen-bond acceptors (Lipinski definition) is 5. The van der Waals surface area contributed by atoms with Crippen molar-refractivity contribution in [1.29, 1.82) is 0 Å². The summed E-state index contributed by atoms with van der Waals surface area (Å²) in [5, 5.41) is 0.123. The van der Waals surface area contributed by atoms with Gasteiger partial charge < -0.3 is 18.6 Å². The van der Waals surface area contributed by atoms with E-state index in [0.29, 0.717) is 6.61 Å². The molecule has 1 atom stereocenters. The molecule has 30 heavy (non-hydrogen) atoms. The molecule has 0 bridgehead atoms. The van der Waals surface area contributed by atoms with E-state index in [1.165, 1.54) is 0 Å². The van der Waals surface area contributed by atoms with E-state index in [2.05, 4.69) is 33.9 Å². The molecule has 1 aromatic carbocycles. The van der Waals surface area contributed by atoms with Gasteiger partial charge in [-0.1, -0.05) is 45.0 Å². The van der Waals surface area contributed by atoms with Crippen LogP contribution in [0.25, 0.3) is 0 Å². The molecule has 0 amide bonds. The van der Waals surface area contributed by atoms with Crippen molar-refractivity contribution in [1.82, 2.24) is 0 Å². The van der Waals surface area contributed by atoms with Crippen LogP contribution in [0.4, 0.5) is 0 Å². The summed E-state index contributed by atoms with van der Waals surface area (Å²) in [4.78, 5) is 12.4. The summed E-state index contributed by atoms with van der Waals surface area (Å²) in [7, 11) is -0.309. The van der Waals surface area contributed by atoms with Gasteiger partial charge in [0, 0.05) is 7.11 Å². The van der Waals surface area contributed by atoms with Gasteiger partial charge in [-0.2, -0.15) is 0 Å². The molecule has 1 rings (SSSR count). The topological polar surface area (TPSA) is 54.0 Å². The monoisotopic (exact) mass is 438 g/mol. The Morgan fingerprint density at radius 2 is 1.57 bits per heavy atom. The predicted molar refractivity (Wildman–Crippen MR) is 124 cm³/mol. The molecule has 0 aliphatic rings. The molecule has 0 saturated carbocycles. The van der Waals surface area contributed by atoms with Crippen molar-refractivity contribution >= 4 is 14.3 Å². The Labute approximate surface area is 184 Å². The zero-order chi connectivity index (χ0) is 23.4. The second-order valence-corrected chi connectivity index (χ2v) is 15.6. The van der Waals surface area contributed by atoms with Gasteiger partial charge in [0.1, 0.15) is 12.7 Å². The lowest BCUT2D eigenvalue weighted by atomic mass is 9.97. The first-order valence-electron chi connectivity index (χ1n) is 10.6. The second kappa shape index (κ2) is 9.94. The molecule has 0 heterocycles. The van der Waals surface area contributed by atoms with Crippen LogP contribution in [0, 0.1) is 5.41 Å². The predicted octanol–water partition coefficient (Wildman–Crippen LogP) is 6.24. The molecule has 0 aliphatic heterocycles. The molecule has 0 saturated heterocycles. The third-order valence-corrected chi connectivity index (χ3v) is 10.2. The first kappa shape index (κ1) is 26.8. The van der Waals surface area contributed by atoms with Gasteiger partial charge in [0.2, 0.25) is 0 Å². The van der Waals surface area contributed by atoms with Crippen molar-refractivity contribution < 1.29 is 23.4 Å². The van der Waals surface area contributed by atoms with Crippen molar-refractivity contribution in [3.05, 3.63) is 35.4 Å². The Bertz CT molecular complexity index is 698. The molecule has 1 aromatic rings. The van der Waals surface area contributed by atoms with Gasteiger partial charge in [0.15, 0.2) is 14.1 Å². The van der Waals surface area contributed by atoms with Crippen LogP contribution in [0.3, 0.4) is 0 Å². The van der Waals surface area contributed by atoms with Crippen LogP contribution in [0.1, 0.15) is 72.6 Å². The summed E-state index contributed by atoms with van der Waals surface area (Å²) < 4.78 is 23.8. The quantitative estimate of drug-likeness (QED) is 0.259. The lowest BCUT2D eigenvalue weighted by molar-refractivity contribution is -0.235. The smallest absolute Gasteiger partial charge is 0.311 e. The summed E-state index contributed by atoms with van der Waals surface area (Å²) in [5.74, 6) is -1.09. The van der Waals surface area contributed by atoms with E-state index in [0.717, 1.165) is 11.1 Å². The van der Waals surface area contributed by atoms with Crippen molar-refractivity contribution in [2.45, 2.75) is 92.0 Å². The number of hydrogen-bond donors (Lipinski definition) is 0. The fraction of sp³-hybridized carbons (Fsp3) is 0.708. The minimum atomic E-state index is -1.91. The normalized spacial score (nSPS) is 14.5. The maximum Gasteiger partial charge on any atom is 0.311 e. The molecule has 0 fully saturated rings. The first-order valence-corrected chi connectivity index (χ1v) is 13.5. The summed E-state index contributed by atoms with van der Waals surface area (Å²) in [6, 6.07) is 8.01. The zero-order valence-corrected chi connectivity index (χ0v) is 21.8. The first-order chi connectivity index (χ1) is 13.5. The van der Waals surface area contributed by atoms with Gasteiger partial charge in [0.25, 0.3) is 0 Å². The number of carbonyl (C=O) groups is 1. The maximum absolute atomic E-state index is 12.4. The van der Waals surface area contributed by atoms with Gasteiger partial charge in [-0.25, -0.2) is 0 Å². The molecule has 0 radical (unpaired) electrons. The number of benzene rings is 1. The van der Waals surface area contributed by atoms with Gasteiger partial charge >= 0.3 is 5.97 Å². The molecule has 0 N–H and O–H groups in total. The van der Waals surface area contributed by atoms with Crippen molar-refractivity contribution in [3.63, 3.8) is 0 Å². The van der Waals surface area contributed by atoms with E-state index in [1.54, 1.807) is 7.11 Å². The van der Waals surface area contributed by atoms with Crippen molar-refractivity contribution in [3.8, 4) is 0 Å². The highest BCUT2D eigenvalue weighted by atomic mass is 28.4. The largest absolute Gasteiger partial charge is 0.462 e. The Kier molecular flexibility index (Phi) is 8.89. The van der Waals surface area contributed by atoms with E-state index in [9.17, 15) is 4.79 Å². The average Bonchev–Trinajstić information content (AvgIpc) is 2.61. The number of rotatable bonds is 9. The van der Waals surface area contributed by atoms with Gasteiger partial charge in [-0.3, -0.25) is 4.79 Å². The summed E-state index contributed by atoms with van der Waals surface area (Å²) in [6.07, 6.45) is -0.467. The van der Waals surface area contributed by atoms with E-state index < -0.39 is 25.6 Å². The number of ether oxygens (including phenoxy) is 3. The minimum absolute atomic E-state index is 0.111. The van der Waals surface area contributed by atoms with Gasteiger partial charge in [0.05, 0.1) is 12.0 Å². The Morgan fingerprint density at radius 3 is 2.07 bits per heavy atom. The molecule has 0 spiro atoms. The summed E-state index contributed by atoms with van der Waals surface area (Å²) >= 11 is 0. The highest BCUT2D eigenvalue weighted by Gasteiger charge is 2.37. The molecular weight excluding hydrogens is 396 g/mol. The minimum Gasteiger partial charge on any atom is -0.462 e. The van der Waals surface area contributed by atoms with Crippen LogP contribution in [0.15, 0.2) is 24.3 Å². The van der Waals surface area contributed by atoms with Crippen molar-refractivity contribution in [2.75, 3.05) is 13.7 Å². The molecule has 0 aromatic heterocycles. The summed E-state index contributed by atoms with van der Waals surface area (Å²) in [5.41, 5.74) is 1.40. The van der Waals surface area contributed by atoms with Crippen molar-refractivity contribution in [2.24, 2.45) is 5.41 Å². The molecule has 0 unspecified atom stereocenters. The number of carbonyl (C=O) groups excluding carboxylic acids is 1. The zero-order valence-electron chi connectivity index (χ0n) is 20.8. The third kappa shape index (κ3) is 7.80. The maximum atomic E-state index is 12.4. The average molecular weight is 439 g/mol. The fourth-order valence-corrected chi connectivity index (χ4v) is 3.35. The van der Waals surface area contributed by atoms with Gasteiger partial charge in [-0.15, -0.1) is 0 Å². The third-order valence-electron chi connectivity index (χ3n) is 5.69. The van der Waals surface area contributed by atoms with E-state index in [4.69, 9.17) is 18.6 Å². The van der Waals surface area contributed by atoms with Crippen LogP contribution >= 0.6 is 0 Å². The van der Waals surface area contributed by atoms with E-state index >= 15 is 0 Å². The molecule has 6 heteroatoms. The lowest BCUT2D eigenvalue weighted by Crippen LogP contribution is -2.40. The van der Waals surface area contributed by atoms with Crippen LogP contribution in [-0.2, 0) is 30.0 Å². The van der Waals surface area contributed by atoms with Crippen LogP contribution < -0.4 is 0 Å². The highest BCUT2D eigenvalue weighted by molar-refractivity contribution is 6.74. The Hall–Kier alpha value is -1.21. The van der Waals surface area contributed by atoms with E-state index in [1.807, 2.05) is 58.9 Å². The standard InChI is InChI=1S/C24H42O5Si/c1-22(2,3)21(25)27-17-20(29-24(7,8)26-9)19-15-13-12-14-18(19)16-28-30(10,11)23(4,5)6/h12-15,20H,16-17H2,1-11H3/t20-/m0/s1. The number of methoxy groups -OCH3 is 1. The molecule has 5 nitrogen and oxygen atoms in total. The van der Waals surface area contributed by atoms with Gasteiger partial charge in [-0.05, 0) is 63.9 Å². The van der Waals surface area contributed by atoms with Crippen LogP contribution in [0.5, 0.6) is 0 Å². The van der Waals surface area contributed by atoms with Crippen LogP contribution in [-0.4, -0.2) is 33.8 Å². The SMILES string of the molecule is COC(C)(C)O[C@@H](COC(=O)C(C)(C)C)c1ccccc1CO[Si](C)(C)C(C)(C)C.